The third-order valence-corrected chi connectivity index (χ3v) is 5.28. The Kier molecular flexibility index (Phi) is 9.07. The zero-order valence-electron chi connectivity index (χ0n) is 19.9. The number of ether oxygens (including phenoxy) is 4. The Morgan fingerprint density at radius 1 is 0.861 bits per heavy atom. The average molecular weight is 510 g/mol. The minimum Gasteiger partial charge on any atom is -0.493 e. The van der Waals surface area contributed by atoms with Crippen molar-refractivity contribution in [1.82, 2.24) is 0 Å². The van der Waals surface area contributed by atoms with Crippen molar-refractivity contribution in [2.24, 2.45) is 0 Å². The molecule has 0 aromatic heterocycles. The third kappa shape index (κ3) is 6.86. The molecular formula is C27H24ClNO7. The summed E-state index contributed by atoms with van der Waals surface area (Å²) >= 11 is 5.91. The van der Waals surface area contributed by atoms with Crippen LogP contribution in [0.1, 0.15) is 31.8 Å². The van der Waals surface area contributed by atoms with Gasteiger partial charge in [0.15, 0.2) is 11.5 Å². The summed E-state index contributed by atoms with van der Waals surface area (Å²) in [5.41, 5.74) is 2.00. The van der Waals surface area contributed by atoms with Crippen LogP contribution in [0.5, 0.6) is 11.5 Å². The molecule has 0 saturated heterocycles. The van der Waals surface area contributed by atoms with Crippen LogP contribution in [-0.2, 0) is 20.9 Å². The van der Waals surface area contributed by atoms with Crippen LogP contribution < -0.4 is 14.8 Å². The molecule has 0 heterocycles. The zero-order chi connectivity index (χ0) is 26.1. The summed E-state index contributed by atoms with van der Waals surface area (Å²) in [6.07, 6.45) is 2.86. The smallest absolute Gasteiger partial charge is 0.339 e. The van der Waals surface area contributed by atoms with E-state index in [4.69, 9.17) is 30.5 Å². The van der Waals surface area contributed by atoms with E-state index in [0.29, 0.717) is 28.7 Å². The Balaban J connectivity index is 1.72. The van der Waals surface area contributed by atoms with E-state index in [1.54, 1.807) is 36.4 Å². The van der Waals surface area contributed by atoms with Crippen LogP contribution in [0, 0.1) is 0 Å². The number of esters is 2. The molecule has 3 aromatic rings. The number of halogens is 1. The molecule has 0 aliphatic rings. The number of hydrogen-bond donors (Lipinski definition) is 1. The van der Waals surface area contributed by atoms with Crippen LogP contribution in [0.2, 0.25) is 5.02 Å². The van der Waals surface area contributed by atoms with E-state index in [2.05, 4.69) is 5.32 Å². The molecule has 0 spiro atoms. The molecular weight excluding hydrogens is 486 g/mol. The van der Waals surface area contributed by atoms with Gasteiger partial charge in [-0.15, -0.1) is 0 Å². The van der Waals surface area contributed by atoms with E-state index in [1.165, 1.54) is 45.6 Å². The van der Waals surface area contributed by atoms with Crippen molar-refractivity contribution in [3.8, 4) is 11.5 Å². The number of carbonyl (C=O) groups is 3. The molecule has 9 heteroatoms. The van der Waals surface area contributed by atoms with Gasteiger partial charge in [0.25, 0.3) is 0 Å². The van der Waals surface area contributed by atoms with Crippen molar-refractivity contribution in [2.45, 2.75) is 6.61 Å². The summed E-state index contributed by atoms with van der Waals surface area (Å²) in [5.74, 6) is -0.765. The maximum absolute atomic E-state index is 12.6. The van der Waals surface area contributed by atoms with E-state index in [9.17, 15) is 14.4 Å². The lowest BCUT2D eigenvalue weighted by Gasteiger charge is -2.12. The van der Waals surface area contributed by atoms with Crippen LogP contribution in [-0.4, -0.2) is 39.2 Å². The number of nitrogens with one attached hydrogen (secondary N) is 1. The first kappa shape index (κ1) is 26.3. The Bertz CT molecular complexity index is 1290. The molecule has 3 rings (SSSR count). The fourth-order valence-electron chi connectivity index (χ4n) is 3.18. The van der Waals surface area contributed by atoms with Crippen LogP contribution in [0.3, 0.4) is 0 Å². The van der Waals surface area contributed by atoms with Gasteiger partial charge in [0.1, 0.15) is 6.61 Å². The van der Waals surface area contributed by atoms with Crippen molar-refractivity contribution >= 4 is 41.2 Å². The lowest BCUT2D eigenvalue weighted by molar-refractivity contribution is -0.111. The first-order valence-corrected chi connectivity index (χ1v) is 11.1. The second-order valence-electron chi connectivity index (χ2n) is 7.39. The fourth-order valence-corrected chi connectivity index (χ4v) is 3.30. The summed E-state index contributed by atoms with van der Waals surface area (Å²) in [4.78, 5) is 36.5. The minimum atomic E-state index is -0.662. The number of rotatable bonds is 9. The van der Waals surface area contributed by atoms with Crippen molar-refractivity contribution < 1.29 is 33.3 Å². The van der Waals surface area contributed by atoms with E-state index in [1.807, 2.05) is 12.1 Å². The first-order valence-electron chi connectivity index (χ1n) is 10.7. The molecule has 0 atom stereocenters. The highest BCUT2D eigenvalue weighted by atomic mass is 35.5. The minimum absolute atomic E-state index is 0.0933. The predicted octanol–water partition coefficient (Wildman–Crippen LogP) is 5.15. The second-order valence-corrected chi connectivity index (χ2v) is 7.83. The van der Waals surface area contributed by atoms with Gasteiger partial charge in [0, 0.05) is 11.1 Å². The van der Waals surface area contributed by atoms with Gasteiger partial charge in [-0.25, -0.2) is 9.59 Å². The Hall–Kier alpha value is -4.30. The zero-order valence-corrected chi connectivity index (χ0v) is 20.6. The van der Waals surface area contributed by atoms with Gasteiger partial charge < -0.3 is 24.3 Å². The van der Waals surface area contributed by atoms with E-state index < -0.39 is 17.8 Å². The molecule has 0 saturated carbocycles. The summed E-state index contributed by atoms with van der Waals surface area (Å²) in [7, 11) is 3.98. The van der Waals surface area contributed by atoms with E-state index in [0.717, 1.165) is 5.56 Å². The highest BCUT2D eigenvalue weighted by Crippen LogP contribution is 2.29. The molecule has 0 aliphatic heterocycles. The molecule has 0 aliphatic carbocycles. The van der Waals surface area contributed by atoms with Crippen molar-refractivity contribution in [1.29, 1.82) is 0 Å². The van der Waals surface area contributed by atoms with Crippen molar-refractivity contribution in [3.05, 3.63) is 94.0 Å². The molecule has 0 fully saturated rings. The standard InChI is InChI=1S/C27H24ClNO7/c1-33-24-14-17(6-12-23(24)36-16-18-4-9-20(28)10-5-18)7-13-25(30)29-22-15-19(26(31)34-2)8-11-21(22)27(32)35-3/h4-15H,16H2,1-3H3,(H,29,30). The molecule has 0 bridgehead atoms. The molecule has 186 valence electrons. The molecule has 8 nitrogen and oxygen atoms in total. The lowest BCUT2D eigenvalue weighted by Crippen LogP contribution is -2.14. The fraction of sp³-hybridized carbons (Fsp3) is 0.148. The maximum Gasteiger partial charge on any atom is 0.339 e. The van der Waals surface area contributed by atoms with Crippen LogP contribution in [0.25, 0.3) is 6.08 Å². The van der Waals surface area contributed by atoms with Gasteiger partial charge in [-0.3, -0.25) is 4.79 Å². The van der Waals surface area contributed by atoms with Crippen molar-refractivity contribution in [3.63, 3.8) is 0 Å². The quantitative estimate of drug-likeness (QED) is 0.314. The van der Waals surface area contributed by atoms with E-state index >= 15 is 0 Å². The largest absolute Gasteiger partial charge is 0.493 e. The number of amides is 1. The Morgan fingerprint density at radius 2 is 1.58 bits per heavy atom. The molecule has 1 N–H and O–H groups in total. The van der Waals surface area contributed by atoms with Crippen LogP contribution >= 0.6 is 11.6 Å². The van der Waals surface area contributed by atoms with Gasteiger partial charge in [-0.1, -0.05) is 29.8 Å². The monoisotopic (exact) mass is 509 g/mol. The normalized spacial score (nSPS) is 10.6. The van der Waals surface area contributed by atoms with Crippen LogP contribution in [0.15, 0.2) is 66.7 Å². The molecule has 36 heavy (non-hydrogen) atoms. The van der Waals surface area contributed by atoms with Crippen LogP contribution in [0.4, 0.5) is 5.69 Å². The summed E-state index contributed by atoms with van der Waals surface area (Å²) in [6, 6.07) is 16.7. The Morgan fingerprint density at radius 3 is 2.25 bits per heavy atom. The summed E-state index contributed by atoms with van der Waals surface area (Å²) < 4.78 is 20.7. The SMILES string of the molecule is COC(=O)c1ccc(C(=O)OC)c(NC(=O)C=Cc2ccc(OCc3ccc(Cl)cc3)c(OC)c2)c1. The number of carbonyl (C=O) groups excluding carboxylic acids is 3. The summed E-state index contributed by atoms with van der Waals surface area (Å²) in [5, 5.41) is 3.25. The molecule has 0 unspecified atom stereocenters. The lowest BCUT2D eigenvalue weighted by atomic mass is 10.1. The van der Waals surface area contributed by atoms with Gasteiger partial charge in [-0.05, 0) is 59.7 Å². The average Bonchev–Trinajstić information content (AvgIpc) is 2.90. The molecule has 1 amide bonds. The van der Waals surface area contributed by atoms with Gasteiger partial charge in [-0.2, -0.15) is 0 Å². The maximum atomic E-state index is 12.6. The number of benzene rings is 3. The highest BCUT2D eigenvalue weighted by Gasteiger charge is 2.17. The van der Waals surface area contributed by atoms with Gasteiger partial charge in [0.2, 0.25) is 5.91 Å². The predicted molar refractivity (Wildman–Crippen MR) is 136 cm³/mol. The summed E-state index contributed by atoms with van der Waals surface area (Å²) in [6.45, 7) is 0.332. The topological polar surface area (TPSA) is 100 Å². The van der Waals surface area contributed by atoms with Gasteiger partial charge >= 0.3 is 11.9 Å². The third-order valence-electron chi connectivity index (χ3n) is 5.03. The van der Waals surface area contributed by atoms with E-state index in [-0.39, 0.29) is 16.8 Å². The Labute approximate surface area is 213 Å². The second kappa shape index (κ2) is 12.4. The highest BCUT2D eigenvalue weighted by molar-refractivity contribution is 6.30. The molecule has 0 radical (unpaired) electrons. The van der Waals surface area contributed by atoms with Gasteiger partial charge in [0.05, 0.1) is 38.1 Å². The van der Waals surface area contributed by atoms with Crippen molar-refractivity contribution in [2.75, 3.05) is 26.6 Å². The molecule has 3 aromatic carbocycles. The number of hydrogen-bond acceptors (Lipinski definition) is 7. The number of anilines is 1. The first-order chi connectivity index (χ1) is 17.3. The number of methoxy groups -OCH3 is 3.